The predicted octanol–water partition coefficient (Wildman–Crippen LogP) is 2.64. The molecule has 0 saturated heterocycles. The second-order valence-corrected chi connectivity index (χ2v) is 5.95. The van der Waals surface area contributed by atoms with E-state index in [4.69, 9.17) is 35.7 Å². The predicted molar refractivity (Wildman–Crippen MR) is 102 cm³/mol. The second kappa shape index (κ2) is 10.4. The van der Waals surface area contributed by atoms with Crippen LogP contribution in [0.1, 0.15) is 32.4 Å². The minimum Gasteiger partial charge on any atom is -0.493 e. The number of allylic oxidation sites excluding steroid dienone is 1. The molecule has 28 heavy (non-hydrogen) atoms. The van der Waals surface area contributed by atoms with Crippen molar-refractivity contribution in [2.45, 2.75) is 26.8 Å². The van der Waals surface area contributed by atoms with Crippen molar-refractivity contribution in [2.24, 2.45) is 0 Å². The number of benzene rings is 1. The molecule has 3 N–H and O–H groups in total. The highest BCUT2D eigenvalue weighted by Crippen LogP contribution is 2.39. The average molecular weight is 415 g/mol. The number of hydrogen-bond acceptors (Lipinski definition) is 6. The fourth-order valence-corrected chi connectivity index (χ4v) is 2.77. The lowest BCUT2D eigenvalue weighted by Gasteiger charge is -2.28. The molecule has 1 aromatic carbocycles. The third kappa shape index (κ3) is 5.78. The zero-order chi connectivity index (χ0) is 21.4. The highest BCUT2D eigenvalue weighted by Gasteiger charge is 2.33. The first kappa shape index (κ1) is 23.1. The van der Waals surface area contributed by atoms with Gasteiger partial charge in [-0.3, -0.25) is 4.79 Å². The smallest absolute Gasteiger partial charge is 0.337 e. The minimum absolute atomic E-state index is 0.270. The molecule has 0 fully saturated rings. The molecule has 1 aromatic rings. The number of urea groups is 1. The van der Waals surface area contributed by atoms with E-state index in [-0.39, 0.29) is 5.57 Å². The van der Waals surface area contributed by atoms with Crippen molar-refractivity contribution in [1.29, 1.82) is 0 Å². The summed E-state index contributed by atoms with van der Waals surface area (Å²) >= 11 is 6.34. The molecule has 1 aliphatic rings. The monoisotopic (exact) mass is 414 g/mol. The summed E-state index contributed by atoms with van der Waals surface area (Å²) in [6.45, 7) is 4.97. The summed E-state index contributed by atoms with van der Waals surface area (Å²) in [5.74, 6) is -0.463. The Kier molecular flexibility index (Phi) is 8.59. The molecule has 1 heterocycles. The molecule has 0 aromatic heterocycles. The van der Waals surface area contributed by atoms with Gasteiger partial charge in [0.15, 0.2) is 11.5 Å². The van der Waals surface area contributed by atoms with Gasteiger partial charge in [-0.25, -0.2) is 9.59 Å². The van der Waals surface area contributed by atoms with E-state index in [0.29, 0.717) is 34.4 Å². The van der Waals surface area contributed by atoms with E-state index in [1.165, 1.54) is 14.2 Å². The molecule has 154 valence electrons. The number of carbonyl (C=O) groups is 3. The van der Waals surface area contributed by atoms with Crippen molar-refractivity contribution < 1.29 is 33.7 Å². The van der Waals surface area contributed by atoms with Crippen LogP contribution in [0.15, 0.2) is 23.4 Å². The zero-order valence-corrected chi connectivity index (χ0v) is 17.0. The van der Waals surface area contributed by atoms with Crippen molar-refractivity contribution in [3.8, 4) is 11.5 Å². The van der Waals surface area contributed by atoms with Crippen LogP contribution >= 0.6 is 11.6 Å². The normalized spacial score (nSPS) is 15.5. The number of carboxylic acids is 1. The van der Waals surface area contributed by atoms with E-state index in [2.05, 4.69) is 10.6 Å². The summed E-state index contributed by atoms with van der Waals surface area (Å²) in [6.07, 6.45) is 0. The molecule has 10 heteroatoms. The number of amides is 2. The summed E-state index contributed by atoms with van der Waals surface area (Å²) in [6, 6.07) is 2.04. The van der Waals surface area contributed by atoms with E-state index in [0.717, 1.165) is 6.92 Å². The van der Waals surface area contributed by atoms with Crippen LogP contribution in [-0.2, 0) is 14.3 Å². The highest BCUT2D eigenvalue weighted by molar-refractivity contribution is 6.31. The Bertz CT molecular complexity index is 788. The van der Waals surface area contributed by atoms with E-state index in [1.807, 2.05) is 6.92 Å². The first-order chi connectivity index (χ1) is 13.2. The fourth-order valence-electron chi connectivity index (χ4n) is 2.51. The summed E-state index contributed by atoms with van der Waals surface area (Å²) < 4.78 is 15.6. The number of methoxy groups -OCH3 is 2. The Morgan fingerprint density at radius 2 is 1.86 bits per heavy atom. The standard InChI is InChI=1S/C16H19ClN2O5.C2H4O2/c1-5-24-12-6-9(10(17)7-11(12)22-3)14-13(15(20)23-4)8(2)18-16(21)19-14;1-2(3)4/h6-7,14H,5H2,1-4H3,(H2,18,19,21);1H3,(H,3,4). The van der Waals surface area contributed by atoms with Crippen LogP contribution in [0, 0.1) is 0 Å². The van der Waals surface area contributed by atoms with Crippen molar-refractivity contribution in [1.82, 2.24) is 10.6 Å². The Balaban J connectivity index is 0.000000892. The quantitative estimate of drug-likeness (QED) is 0.633. The summed E-state index contributed by atoms with van der Waals surface area (Å²) in [5, 5.41) is 13.0. The second-order valence-electron chi connectivity index (χ2n) is 5.54. The van der Waals surface area contributed by atoms with Gasteiger partial charge in [0.1, 0.15) is 0 Å². The molecule has 1 atom stereocenters. The van der Waals surface area contributed by atoms with Crippen molar-refractivity contribution in [3.63, 3.8) is 0 Å². The molecular formula is C18H23ClN2O7. The third-order valence-electron chi connectivity index (χ3n) is 3.57. The number of hydrogen-bond donors (Lipinski definition) is 3. The maximum atomic E-state index is 12.1. The first-order valence-electron chi connectivity index (χ1n) is 8.22. The molecule has 1 unspecified atom stereocenters. The number of carbonyl (C=O) groups excluding carboxylic acids is 2. The van der Waals surface area contributed by atoms with Crippen LogP contribution in [0.5, 0.6) is 11.5 Å². The van der Waals surface area contributed by atoms with Gasteiger partial charge in [0, 0.05) is 24.3 Å². The third-order valence-corrected chi connectivity index (χ3v) is 3.90. The van der Waals surface area contributed by atoms with Gasteiger partial charge < -0.3 is 30.0 Å². The van der Waals surface area contributed by atoms with Crippen LogP contribution in [-0.4, -0.2) is 43.9 Å². The summed E-state index contributed by atoms with van der Waals surface area (Å²) in [7, 11) is 2.78. The van der Waals surface area contributed by atoms with E-state index < -0.39 is 24.0 Å². The molecule has 0 bridgehead atoms. The Morgan fingerprint density at radius 1 is 1.25 bits per heavy atom. The van der Waals surface area contributed by atoms with Gasteiger partial charge in [-0.2, -0.15) is 0 Å². The zero-order valence-electron chi connectivity index (χ0n) is 16.2. The van der Waals surface area contributed by atoms with E-state index in [9.17, 15) is 9.59 Å². The molecule has 1 aliphatic heterocycles. The van der Waals surface area contributed by atoms with Gasteiger partial charge in [0.05, 0.1) is 37.5 Å². The Hall–Kier alpha value is -2.94. The topological polar surface area (TPSA) is 123 Å². The number of rotatable bonds is 5. The maximum absolute atomic E-state index is 12.1. The number of esters is 1. The number of nitrogens with one attached hydrogen (secondary N) is 2. The number of carboxylic acid groups (broad SMARTS) is 1. The molecule has 0 spiro atoms. The summed E-state index contributed by atoms with van der Waals surface area (Å²) in [5.41, 5.74) is 1.18. The Morgan fingerprint density at radius 3 is 2.36 bits per heavy atom. The molecular weight excluding hydrogens is 392 g/mol. The number of halogens is 1. The fraction of sp³-hybridized carbons (Fsp3) is 0.389. The summed E-state index contributed by atoms with van der Waals surface area (Å²) in [4.78, 5) is 33.0. The molecule has 9 nitrogen and oxygen atoms in total. The maximum Gasteiger partial charge on any atom is 0.337 e. The number of ether oxygens (including phenoxy) is 3. The van der Waals surface area contributed by atoms with Crippen LogP contribution in [0.4, 0.5) is 4.79 Å². The molecule has 2 amide bonds. The molecule has 0 saturated carbocycles. The van der Waals surface area contributed by atoms with Crippen molar-refractivity contribution in [3.05, 3.63) is 34.0 Å². The largest absolute Gasteiger partial charge is 0.493 e. The van der Waals surface area contributed by atoms with Gasteiger partial charge in [-0.1, -0.05) is 11.6 Å². The van der Waals surface area contributed by atoms with Gasteiger partial charge in [-0.15, -0.1) is 0 Å². The lowest BCUT2D eigenvalue weighted by atomic mass is 9.95. The lowest BCUT2D eigenvalue weighted by molar-refractivity contribution is -0.137. The van der Waals surface area contributed by atoms with Crippen LogP contribution < -0.4 is 20.1 Å². The van der Waals surface area contributed by atoms with Crippen LogP contribution in [0.25, 0.3) is 0 Å². The van der Waals surface area contributed by atoms with E-state index >= 15 is 0 Å². The van der Waals surface area contributed by atoms with E-state index in [1.54, 1.807) is 19.1 Å². The molecule has 0 aliphatic carbocycles. The van der Waals surface area contributed by atoms with Crippen LogP contribution in [0.3, 0.4) is 0 Å². The van der Waals surface area contributed by atoms with Crippen LogP contribution in [0.2, 0.25) is 5.02 Å². The average Bonchev–Trinajstić information content (AvgIpc) is 2.61. The molecule has 2 rings (SSSR count). The van der Waals surface area contributed by atoms with Gasteiger partial charge >= 0.3 is 12.0 Å². The van der Waals surface area contributed by atoms with Gasteiger partial charge in [0.25, 0.3) is 5.97 Å². The van der Waals surface area contributed by atoms with Crippen molar-refractivity contribution in [2.75, 3.05) is 20.8 Å². The Labute approximate surface area is 167 Å². The number of aliphatic carboxylic acids is 1. The van der Waals surface area contributed by atoms with Crippen molar-refractivity contribution >= 4 is 29.6 Å². The first-order valence-corrected chi connectivity index (χ1v) is 8.60. The molecule has 0 radical (unpaired) electrons. The lowest BCUT2D eigenvalue weighted by Crippen LogP contribution is -2.45. The highest BCUT2D eigenvalue weighted by atomic mass is 35.5. The SMILES string of the molecule is CC(=O)O.CCOc1cc(C2NC(=O)NC(C)=C2C(=O)OC)c(Cl)cc1OC. The van der Waals surface area contributed by atoms with Gasteiger partial charge in [-0.05, 0) is 19.9 Å². The minimum atomic E-state index is -0.833. The van der Waals surface area contributed by atoms with Gasteiger partial charge in [0.2, 0.25) is 0 Å².